The first-order chi connectivity index (χ1) is 18.3. The van der Waals surface area contributed by atoms with Crippen LogP contribution in [0.4, 0.5) is 0 Å². The van der Waals surface area contributed by atoms with Gasteiger partial charge < -0.3 is 0 Å². The van der Waals surface area contributed by atoms with Gasteiger partial charge in [0, 0.05) is 0 Å². The fraction of sp³-hybridized carbons (Fsp3) is 0.250. The van der Waals surface area contributed by atoms with Gasteiger partial charge in [0.1, 0.15) is 0 Å². The summed E-state index contributed by atoms with van der Waals surface area (Å²) in [4.78, 5) is 0. The molecule has 0 saturated carbocycles. The third-order valence-electron chi connectivity index (χ3n) is 7.24. The van der Waals surface area contributed by atoms with Gasteiger partial charge in [-0.1, -0.05) is 0 Å². The monoisotopic (exact) mass is 523 g/mol. The van der Waals surface area contributed by atoms with Crippen molar-refractivity contribution in [1.29, 1.82) is 0 Å². The van der Waals surface area contributed by atoms with E-state index >= 15 is 0 Å². The van der Waals surface area contributed by atoms with Crippen molar-refractivity contribution in [2.45, 2.75) is 24.2 Å². The number of nitrogens with zero attached hydrogens (tertiary/aromatic N) is 1. The third-order valence-corrected chi connectivity index (χ3v) is 8.01. The standard InChI is InChI=1S/C32H35N4.Ti/c1-5-13-25(14-6-1)29-21-34-31(27-17-9-3-10-18-27)23-36-32(28-19-11-4-12-20-28)24-35-30(22-33-29)26-15-7-2-8-16-26;/h1-20,29-35H,21-24H2;/q-1;+1. The van der Waals surface area contributed by atoms with Crippen LogP contribution in [0.25, 0.3) is 0 Å². The van der Waals surface area contributed by atoms with E-state index in [-0.39, 0.29) is 24.2 Å². The molecule has 4 unspecified atom stereocenters. The summed E-state index contributed by atoms with van der Waals surface area (Å²) in [5.41, 5.74) is 5.27. The van der Waals surface area contributed by atoms with Crippen molar-refractivity contribution in [3.63, 3.8) is 0 Å². The Kier molecular flexibility index (Phi) is 9.36. The molecule has 0 bridgehead atoms. The van der Waals surface area contributed by atoms with Gasteiger partial charge in [-0.2, -0.15) is 0 Å². The Labute approximate surface area is 233 Å². The average Bonchev–Trinajstić information content (AvgIpc) is 2.96. The van der Waals surface area contributed by atoms with Crippen LogP contribution in [0.2, 0.25) is 0 Å². The van der Waals surface area contributed by atoms with Gasteiger partial charge in [0.25, 0.3) is 0 Å². The van der Waals surface area contributed by atoms with Gasteiger partial charge in [-0.15, -0.1) is 0 Å². The zero-order chi connectivity index (χ0) is 25.3. The van der Waals surface area contributed by atoms with E-state index in [0.29, 0.717) is 0 Å². The van der Waals surface area contributed by atoms with E-state index in [9.17, 15) is 0 Å². The zero-order valence-corrected chi connectivity index (χ0v) is 22.7. The average molecular weight is 524 g/mol. The molecule has 4 aromatic rings. The summed E-state index contributed by atoms with van der Waals surface area (Å²) >= 11 is 2.26. The van der Waals surface area contributed by atoms with Crippen molar-refractivity contribution >= 4 is 0 Å². The van der Waals surface area contributed by atoms with Crippen LogP contribution >= 0.6 is 0 Å². The molecule has 5 rings (SSSR count). The van der Waals surface area contributed by atoms with Crippen LogP contribution in [-0.2, 0) is 20.7 Å². The van der Waals surface area contributed by atoms with Gasteiger partial charge in [0.15, 0.2) is 0 Å². The Hall–Kier alpha value is -2.57. The first-order valence-electron chi connectivity index (χ1n) is 13.2. The normalized spacial score (nSPS) is 24.0. The van der Waals surface area contributed by atoms with Crippen LogP contribution in [0, 0.1) is 0 Å². The Bertz CT molecular complexity index is 1190. The Morgan fingerprint density at radius 2 is 0.811 bits per heavy atom. The molecular formula is C32H35N4Ti. The van der Waals surface area contributed by atoms with Gasteiger partial charge in [-0.3, -0.25) is 0 Å². The third kappa shape index (κ3) is 7.05. The van der Waals surface area contributed by atoms with Crippen LogP contribution in [-0.4, -0.2) is 29.6 Å². The van der Waals surface area contributed by atoms with Crippen molar-refractivity contribution in [1.82, 2.24) is 19.3 Å². The molecule has 0 radical (unpaired) electrons. The minimum atomic E-state index is 0.204. The van der Waals surface area contributed by atoms with Crippen molar-refractivity contribution in [2.75, 3.05) is 26.2 Å². The van der Waals surface area contributed by atoms with Crippen molar-refractivity contribution < 1.29 is 20.7 Å². The van der Waals surface area contributed by atoms with Crippen LogP contribution in [0.1, 0.15) is 46.4 Å². The topological polar surface area (TPSA) is 39.3 Å². The van der Waals surface area contributed by atoms with E-state index in [1.54, 1.807) is 0 Å². The second-order valence-electron chi connectivity index (χ2n) is 9.69. The maximum atomic E-state index is 3.93. The second kappa shape index (κ2) is 13.3. The molecule has 4 nitrogen and oxygen atoms in total. The predicted molar refractivity (Wildman–Crippen MR) is 147 cm³/mol. The number of hydrogen-bond donors (Lipinski definition) is 3. The van der Waals surface area contributed by atoms with E-state index in [1.165, 1.54) is 22.3 Å². The molecule has 4 atom stereocenters. The van der Waals surface area contributed by atoms with Gasteiger partial charge in [-0.05, 0) is 0 Å². The summed E-state index contributed by atoms with van der Waals surface area (Å²) in [5, 5.41) is 11.8. The minimum absolute atomic E-state index is 0.204. The summed E-state index contributed by atoms with van der Waals surface area (Å²) in [7, 11) is 0. The molecule has 0 spiro atoms. The summed E-state index contributed by atoms with van der Waals surface area (Å²) in [6.07, 6.45) is 0. The molecule has 1 fully saturated rings. The molecule has 0 amide bonds. The van der Waals surface area contributed by atoms with Crippen LogP contribution in [0.15, 0.2) is 121 Å². The van der Waals surface area contributed by atoms with Crippen molar-refractivity contribution in [3.05, 3.63) is 144 Å². The Balaban J connectivity index is 1.48. The predicted octanol–water partition coefficient (Wildman–Crippen LogP) is 5.50. The molecule has 1 saturated heterocycles. The van der Waals surface area contributed by atoms with Crippen LogP contribution in [0.3, 0.4) is 0 Å². The summed E-state index contributed by atoms with van der Waals surface area (Å²) in [5.74, 6) is 0. The van der Waals surface area contributed by atoms with E-state index in [2.05, 4.69) is 161 Å². The van der Waals surface area contributed by atoms with E-state index in [4.69, 9.17) is 0 Å². The van der Waals surface area contributed by atoms with E-state index < -0.39 is 0 Å². The molecule has 0 aliphatic carbocycles. The van der Waals surface area contributed by atoms with Gasteiger partial charge in [-0.25, -0.2) is 0 Å². The van der Waals surface area contributed by atoms with Crippen LogP contribution in [0.5, 0.6) is 0 Å². The summed E-state index contributed by atoms with van der Waals surface area (Å²) < 4.78 is 2.50. The molecule has 37 heavy (non-hydrogen) atoms. The fourth-order valence-electron chi connectivity index (χ4n) is 5.14. The maximum absolute atomic E-state index is 3.93. The molecule has 0 aromatic heterocycles. The van der Waals surface area contributed by atoms with E-state index in [0.717, 1.165) is 26.2 Å². The molecule has 3 N–H and O–H groups in total. The molecule has 4 aromatic carbocycles. The molecule has 1 aliphatic rings. The van der Waals surface area contributed by atoms with Crippen molar-refractivity contribution in [2.24, 2.45) is 0 Å². The molecule has 1 aliphatic heterocycles. The van der Waals surface area contributed by atoms with Crippen molar-refractivity contribution in [3.8, 4) is 0 Å². The molecule has 1 heterocycles. The fourth-order valence-corrected chi connectivity index (χ4v) is 5.80. The quantitative estimate of drug-likeness (QED) is 0.309. The molecule has 5 heteroatoms. The van der Waals surface area contributed by atoms with Gasteiger partial charge in [0.05, 0.1) is 0 Å². The SMILES string of the molecule is [Ti][N]1CC(c2ccccc2)NCC(c2ccccc2)NCC(c2ccccc2)NCC1c1ccccc1. The molecular weight excluding hydrogens is 488 g/mol. The summed E-state index contributed by atoms with van der Waals surface area (Å²) in [6.45, 7) is 3.45. The first kappa shape index (κ1) is 26.1. The van der Waals surface area contributed by atoms with Gasteiger partial charge in [0.2, 0.25) is 0 Å². The van der Waals surface area contributed by atoms with E-state index in [1.807, 2.05) is 0 Å². The Morgan fingerprint density at radius 3 is 1.27 bits per heavy atom. The second-order valence-corrected chi connectivity index (χ2v) is 10.6. The number of rotatable bonds is 4. The molecule has 187 valence electrons. The zero-order valence-electron chi connectivity index (χ0n) is 21.1. The Morgan fingerprint density at radius 1 is 0.459 bits per heavy atom. The number of benzene rings is 4. The first-order valence-corrected chi connectivity index (χ1v) is 13.9. The summed E-state index contributed by atoms with van der Waals surface area (Å²) in [6, 6.07) is 44.3. The van der Waals surface area contributed by atoms with Gasteiger partial charge >= 0.3 is 234 Å². The number of hydrogen-bond acceptors (Lipinski definition) is 4. The van der Waals surface area contributed by atoms with Crippen LogP contribution < -0.4 is 16.0 Å². The number of nitrogens with one attached hydrogen (secondary N) is 3.